The molecule has 3 rings (SSSR count). The van der Waals surface area contributed by atoms with Crippen LogP contribution < -0.4 is 14.8 Å². The normalized spacial score (nSPS) is 10.9. The van der Waals surface area contributed by atoms with Crippen LogP contribution in [0.15, 0.2) is 71.6 Å². The zero-order valence-corrected chi connectivity index (χ0v) is 16.9. The Kier molecular flexibility index (Phi) is 6.16. The summed E-state index contributed by atoms with van der Waals surface area (Å²) in [6, 6.07) is 13.8. The number of halogens is 1. The van der Waals surface area contributed by atoms with Crippen molar-refractivity contribution >= 4 is 33.0 Å². The van der Waals surface area contributed by atoms with E-state index in [4.69, 9.17) is 4.74 Å². The van der Waals surface area contributed by atoms with Crippen LogP contribution >= 0.6 is 0 Å². The zero-order valence-electron chi connectivity index (χ0n) is 16.0. The van der Waals surface area contributed by atoms with Gasteiger partial charge in [-0.25, -0.2) is 12.8 Å². The van der Waals surface area contributed by atoms with Gasteiger partial charge in [0.2, 0.25) is 0 Å². The van der Waals surface area contributed by atoms with Crippen molar-refractivity contribution in [3.05, 3.63) is 88.2 Å². The second-order valence-electron chi connectivity index (χ2n) is 6.24. The van der Waals surface area contributed by atoms with E-state index in [-0.39, 0.29) is 33.3 Å². The highest BCUT2D eigenvalue weighted by Gasteiger charge is 2.20. The summed E-state index contributed by atoms with van der Waals surface area (Å²) in [5.74, 6) is -1.10. The van der Waals surface area contributed by atoms with Gasteiger partial charge in [-0.2, -0.15) is 0 Å². The Morgan fingerprint density at radius 1 is 1.06 bits per heavy atom. The molecule has 0 aromatic heterocycles. The van der Waals surface area contributed by atoms with Crippen LogP contribution in [-0.4, -0.2) is 26.4 Å². The van der Waals surface area contributed by atoms with Gasteiger partial charge in [0.1, 0.15) is 11.6 Å². The molecule has 31 heavy (non-hydrogen) atoms. The molecule has 0 saturated heterocycles. The van der Waals surface area contributed by atoms with Gasteiger partial charge in [0.25, 0.3) is 21.6 Å². The number of hydrogen-bond donors (Lipinski definition) is 2. The highest BCUT2D eigenvalue weighted by molar-refractivity contribution is 7.92. The van der Waals surface area contributed by atoms with E-state index in [1.165, 1.54) is 55.6 Å². The fourth-order valence-electron chi connectivity index (χ4n) is 2.67. The summed E-state index contributed by atoms with van der Waals surface area (Å²) in [5.41, 5.74) is -0.246. The Morgan fingerprint density at radius 3 is 2.48 bits per heavy atom. The molecule has 0 heterocycles. The quantitative estimate of drug-likeness (QED) is 0.421. The van der Waals surface area contributed by atoms with Crippen LogP contribution in [0.3, 0.4) is 0 Å². The number of nitro groups is 1. The Morgan fingerprint density at radius 2 is 1.81 bits per heavy atom. The first kappa shape index (κ1) is 21.7. The van der Waals surface area contributed by atoms with Crippen LogP contribution in [0.25, 0.3) is 0 Å². The molecule has 0 unspecified atom stereocenters. The molecular formula is C20H16FN3O6S. The number of non-ortho nitro benzene ring substituents is 1. The predicted molar refractivity (Wildman–Crippen MR) is 111 cm³/mol. The molecule has 0 bridgehead atoms. The lowest BCUT2D eigenvalue weighted by Gasteiger charge is -2.12. The number of hydrogen-bond acceptors (Lipinski definition) is 6. The van der Waals surface area contributed by atoms with Crippen molar-refractivity contribution in [2.45, 2.75) is 4.90 Å². The second kappa shape index (κ2) is 8.79. The summed E-state index contributed by atoms with van der Waals surface area (Å²) in [7, 11) is -2.93. The molecule has 2 N–H and O–H groups in total. The Hall–Kier alpha value is -3.99. The molecule has 9 nitrogen and oxygen atoms in total. The van der Waals surface area contributed by atoms with Crippen molar-refractivity contribution in [1.29, 1.82) is 0 Å². The molecule has 0 aliphatic rings. The molecule has 3 aromatic rings. The number of nitrogens with zero attached hydrogens (tertiary/aromatic N) is 1. The minimum Gasteiger partial charge on any atom is -0.495 e. The maximum atomic E-state index is 13.3. The van der Waals surface area contributed by atoms with Gasteiger partial charge in [-0.15, -0.1) is 0 Å². The van der Waals surface area contributed by atoms with E-state index in [9.17, 15) is 27.7 Å². The van der Waals surface area contributed by atoms with Crippen molar-refractivity contribution in [1.82, 2.24) is 0 Å². The van der Waals surface area contributed by atoms with E-state index in [1.807, 2.05) is 0 Å². The molecular weight excluding hydrogens is 429 g/mol. The van der Waals surface area contributed by atoms with Crippen molar-refractivity contribution < 1.29 is 27.3 Å². The average molecular weight is 445 g/mol. The van der Waals surface area contributed by atoms with Crippen LogP contribution in [0.1, 0.15) is 10.4 Å². The zero-order chi connectivity index (χ0) is 22.6. The van der Waals surface area contributed by atoms with Gasteiger partial charge in [0, 0.05) is 23.4 Å². The van der Waals surface area contributed by atoms with E-state index in [2.05, 4.69) is 10.0 Å². The number of methoxy groups -OCH3 is 1. The van der Waals surface area contributed by atoms with Gasteiger partial charge in [-0.3, -0.25) is 19.6 Å². The molecule has 1 amide bonds. The van der Waals surface area contributed by atoms with Gasteiger partial charge in [0.15, 0.2) is 0 Å². The number of anilines is 2. The molecule has 3 aromatic carbocycles. The van der Waals surface area contributed by atoms with E-state index in [0.29, 0.717) is 0 Å². The molecule has 0 aliphatic heterocycles. The lowest BCUT2D eigenvalue weighted by atomic mass is 10.2. The molecule has 0 saturated carbocycles. The number of carbonyl (C=O) groups is 1. The van der Waals surface area contributed by atoms with Crippen LogP contribution in [-0.2, 0) is 10.0 Å². The van der Waals surface area contributed by atoms with Gasteiger partial charge in [-0.1, -0.05) is 12.1 Å². The monoisotopic (exact) mass is 445 g/mol. The lowest BCUT2D eigenvalue weighted by molar-refractivity contribution is -0.384. The molecule has 0 atom stereocenters. The maximum Gasteiger partial charge on any atom is 0.271 e. The number of nitrogens with one attached hydrogen (secondary N) is 2. The first-order valence-corrected chi connectivity index (χ1v) is 10.2. The Balaban J connectivity index is 1.88. The van der Waals surface area contributed by atoms with Crippen molar-refractivity contribution in [2.75, 3.05) is 17.1 Å². The summed E-state index contributed by atoms with van der Waals surface area (Å²) < 4.78 is 46.2. The molecule has 0 spiro atoms. The average Bonchev–Trinajstić information content (AvgIpc) is 2.73. The van der Waals surface area contributed by atoms with Crippen molar-refractivity contribution in [2.24, 2.45) is 0 Å². The number of amides is 1. The Bertz CT molecular complexity index is 1260. The smallest absolute Gasteiger partial charge is 0.271 e. The third kappa shape index (κ3) is 5.14. The number of rotatable bonds is 7. The first-order chi connectivity index (χ1) is 14.7. The van der Waals surface area contributed by atoms with Gasteiger partial charge in [0.05, 0.1) is 22.6 Å². The predicted octanol–water partition coefficient (Wildman–Crippen LogP) is 3.80. The van der Waals surface area contributed by atoms with E-state index >= 15 is 0 Å². The minimum absolute atomic E-state index is 0.0122. The van der Waals surface area contributed by atoms with Crippen LogP contribution in [0.4, 0.5) is 21.5 Å². The molecule has 0 radical (unpaired) electrons. The highest BCUT2D eigenvalue weighted by atomic mass is 32.2. The third-order valence-electron chi connectivity index (χ3n) is 4.13. The largest absolute Gasteiger partial charge is 0.495 e. The summed E-state index contributed by atoms with van der Waals surface area (Å²) in [5, 5.41) is 13.5. The number of benzene rings is 3. The summed E-state index contributed by atoms with van der Waals surface area (Å²) in [4.78, 5) is 22.5. The summed E-state index contributed by atoms with van der Waals surface area (Å²) in [6.07, 6.45) is 0. The van der Waals surface area contributed by atoms with Crippen LogP contribution in [0.5, 0.6) is 5.75 Å². The molecule has 0 fully saturated rings. The summed E-state index contributed by atoms with van der Waals surface area (Å²) >= 11 is 0. The maximum absolute atomic E-state index is 13.3. The van der Waals surface area contributed by atoms with E-state index in [0.717, 1.165) is 18.2 Å². The molecule has 11 heteroatoms. The SMILES string of the molecule is COc1ccc([N+](=O)[O-])cc1NS(=O)(=O)c1cccc(C(=O)Nc2cccc(F)c2)c1. The Labute approximate surface area is 176 Å². The fourth-order valence-corrected chi connectivity index (χ4v) is 3.77. The number of nitro benzene ring substituents is 1. The fraction of sp³-hybridized carbons (Fsp3) is 0.0500. The number of ether oxygens (including phenoxy) is 1. The van der Waals surface area contributed by atoms with E-state index in [1.54, 1.807) is 0 Å². The summed E-state index contributed by atoms with van der Waals surface area (Å²) in [6.45, 7) is 0. The second-order valence-corrected chi connectivity index (χ2v) is 7.92. The molecule has 0 aliphatic carbocycles. The van der Waals surface area contributed by atoms with Gasteiger partial charge >= 0.3 is 0 Å². The minimum atomic E-state index is -4.22. The first-order valence-electron chi connectivity index (χ1n) is 8.72. The third-order valence-corrected chi connectivity index (χ3v) is 5.49. The van der Waals surface area contributed by atoms with Gasteiger partial charge in [-0.05, 0) is 42.5 Å². The van der Waals surface area contributed by atoms with Crippen LogP contribution in [0.2, 0.25) is 0 Å². The van der Waals surface area contributed by atoms with Crippen LogP contribution in [0, 0.1) is 15.9 Å². The molecule has 160 valence electrons. The standard InChI is InChI=1S/C20H16FN3O6S/c1-30-19-9-8-16(24(26)27)12-18(19)23-31(28,29)17-7-2-4-13(10-17)20(25)22-15-6-3-5-14(21)11-15/h2-12,23H,1H3,(H,22,25). The van der Waals surface area contributed by atoms with E-state index < -0.39 is 26.7 Å². The van der Waals surface area contributed by atoms with Crippen molar-refractivity contribution in [3.8, 4) is 5.75 Å². The van der Waals surface area contributed by atoms with Crippen molar-refractivity contribution in [3.63, 3.8) is 0 Å². The van der Waals surface area contributed by atoms with Gasteiger partial charge < -0.3 is 10.1 Å². The number of carbonyl (C=O) groups excluding carboxylic acids is 1. The number of sulfonamides is 1. The lowest BCUT2D eigenvalue weighted by Crippen LogP contribution is -2.16. The topological polar surface area (TPSA) is 128 Å². The highest BCUT2D eigenvalue weighted by Crippen LogP contribution is 2.31.